The van der Waals surface area contributed by atoms with E-state index in [1.165, 1.54) is 0 Å². The van der Waals surface area contributed by atoms with Gasteiger partial charge >= 0.3 is 0 Å². The number of ketones is 1. The van der Waals surface area contributed by atoms with Crippen molar-refractivity contribution in [1.82, 2.24) is 4.90 Å². The summed E-state index contributed by atoms with van der Waals surface area (Å²) in [6.07, 6.45) is -0.576. The number of carbonyl (C=O) groups is 1. The zero-order chi connectivity index (χ0) is 13.4. The molecule has 0 spiro atoms. The van der Waals surface area contributed by atoms with Crippen molar-refractivity contribution in [2.24, 2.45) is 5.41 Å². The van der Waals surface area contributed by atoms with Crippen LogP contribution in [0.5, 0.6) is 0 Å². The van der Waals surface area contributed by atoms with E-state index >= 15 is 0 Å². The minimum Gasteiger partial charge on any atom is -0.372 e. The summed E-state index contributed by atoms with van der Waals surface area (Å²) in [4.78, 5) is 13.5. The molecule has 0 aromatic carbocycles. The fraction of sp³-hybridized carbons (Fsp3) is 0.769. The lowest BCUT2D eigenvalue weighted by Crippen LogP contribution is -2.44. The van der Waals surface area contributed by atoms with E-state index in [2.05, 4.69) is 0 Å². The van der Waals surface area contributed by atoms with Gasteiger partial charge in [-0.05, 0) is 32.6 Å². The van der Waals surface area contributed by atoms with Gasteiger partial charge in [0.1, 0.15) is 0 Å². The van der Waals surface area contributed by atoms with E-state index in [0.717, 1.165) is 6.54 Å². The highest BCUT2D eigenvalue weighted by Crippen LogP contribution is 2.37. The molecule has 17 heavy (non-hydrogen) atoms. The number of hydrogen-bond acceptors (Lipinski definition) is 2. The number of Topliss-reactive ketones (excluding diaryl/α,β-unsaturated/α-hetero) is 1. The molecule has 1 aliphatic rings. The van der Waals surface area contributed by atoms with Crippen molar-refractivity contribution >= 4 is 5.78 Å². The maximum atomic E-state index is 12.6. The lowest BCUT2D eigenvalue weighted by atomic mass is 9.76. The van der Waals surface area contributed by atoms with Gasteiger partial charge in [0, 0.05) is 23.9 Å². The van der Waals surface area contributed by atoms with Gasteiger partial charge in [-0.25, -0.2) is 8.78 Å². The van der Waals surface area contributed by atoms with Gasteiger partial charge in [0.25, 0.3) is 6.43 Å². The highest BCUT2D eigenvalue weighted by molar-refractivity contribution is 5.98. The Morgan fingerprint density at radius 2 is 1.94 bits per heavy atom. The minimum absolute atomic E-state index is 0.149. The molecule has 98 valence electrons. The van der Waals surface area contributed by atoms with E-state index in [1.54, 1.807) is 6.20 Å². The van der Waals surface area contributed by atoms with Crippen molar-refractivity contribution < 1.29 is 13.6 Å². The molecule has 0 bridgehead atoms. The van der Waals surface area contributed by atoms with Gasteiger partial charge in [0.2, 0.25) is 5.78 Å². The summed E-state index contributed by atoms with van der Waals surface area (Å²) in [5, 5.41) is 0. The summed E-state index contributed by atoms with van der Waals surface area (Å²) in [5.41, 5.74) is -0.368. The lowest BCUT2D eigenvalue weighted by Gasteiger charge is -2.43. The Labute approximate surface area is 102 Å². The quantitative estimate of drug-likeness (QED) is 0.744. The van der Waals surface area contributed by atoms with E-state index in [9.17, 15) is 13.6 Å². The number of nitrogens with zero attached hydrogens (tertiary/aromatic N) is 1. The van der Waals surface area contributed by atoms with Crippen LogP contribution >= 0.6 is 0 Å². The zero-order valence-electron chi connectivity index (χ0n) is 11.2. The number of halogens is 2. The summed E-state index contributed by atoms with van der Waals surface area (Å²) in [6, 6.07) is 0. The molecule has 1 heterocycles. The topological polar surface area (TPSA) is 20.3 Å². The molecule has 4 heteroatoms. The lowest BCUT2D eigenvalue weighted by molar-refractivity contribution is -0.127. The Kier molecular flexibility index (Phi) is 3.65. The van der Waals surface area contributed by atoms with Crippen LogP contribution in [0.25, 0.3) is 0 Å². The SMILES string of the molecule is CC1(C)CCN(C(C)(C)C)C=C1C(=O)C(F)F. The van der Waals surface area contributed by atoms with Crippen molar-refractivity contribution in [2.45, 2.75) is 53.0 Å². The summed E-state index contributed by atoms with van der Waals surface area (Å²) >= 11 is 0. The second kappa shape index (κ2) is 4.39. The first-order chi connectivity index (χ1) is 7.55. The van der Waals surface area contributed by atoms with Crippen LogP contribution in [0.4, 0.5) is 8.78 Å². The Bertz CT molecular complexity index is 340. The second-order valence-electron chi connectivity index (χ2n) is 6.21. The third kappa shape index (κ3) is 3.05. The zero-order valence-corrected chi connectivity index (χ0v) is 11.2. The second-order valence-corrected chi connectivity index (χ2v) is 6.21. The molecule has 1 aliphatic heterocycles. The Hall–Kier alpha value is -0.930. The van der Waals surface area contributed by atoms with E-state index in [4.69, 9.17) is 0 Å². The van der Waals surface area contributed by atoms with E-state index in [-0.39, 0.29) is 11.1 Å². The molecule has 1 rings (SSSR count). The minimum atomic E-state index is -2.92. The van der Waals surface area contributed by atoms with Crippen LogP contribution < -0.4 is 0 Å². The van der Waals surface area contributed by atoms with Crippen LogP contribution in [-0.2, 0) is 4.79 Å². The average molecular weight is 245 g/mol. The first-order valence-corrected chi connectivity index (χ1v) is 5.87. The van der Waals surface area contributed by atoms with Gasteiger partial charge in [-0.1, -0.05) is 13.8 Å². The molecule has 0 radical (unpaired) electrons. The third-order valence-corrected chi connectivity index (χ3v) is 3.32. The van der Waals surface area contributed by atoms with E-state index in [0.29, 0.717) is 6.42 Å². The van der Waals surface area contributed by atoms with Gasteiger partial charge < -0.3 is 4.90 Å². The smallest absolute Gasteiger partial charge is 0.300 e. The molecule has 0 atom stereocenters. The molecule has 0 saturated heterocycles. The molecule has 0 aromatic heterocycles. The molecule has 2 nitrogen and oxygen atoms in total. The predicted octanol–water partition coefficient (Wildman–Crippen LogP) is 3.23. The van der Waals surface area contributed by atoms with E-state index < -0.39 is 17.6 Å². The average Bonchev–Trinajstić information content (AvgIpc) is 2.14. The number of hydrogen-bond donors (Lipinski definition) is 0. The number of rotatable bonds is 2. The monoisotopic (exact) mass is 245 g/mol. The van der Waals surface area contributed by atoms with Crippen molar-refractivity contribution in [3.63, 3.8) is 0 Å². The molecule has 0 unspecified atom stereocenters. The first kappa shape index (κ1) is 14.1. The largest absolute Gasteiger partial charge is 0.372 e. The van der Waals surface area contributed by atoms with Gasteiger partial charge in [-0.2, -0.15) is 0 Å². The molecule has 0 amide bonds. The fourth-order valence-electron chi connectivity index (χ4n) is 1.97. The maximum absolute atomic E-state index is 12.6. The fourth-order valence-corrected chi connectivity index (χ4v) is 1.97. The van der Waals surface area contributed by atoms with Crippen molar-refractivity contribution in [2.75, 3.05) is 6.54 Å². The van der Waals surface area contributed by atoms with Crippen molar-refractivity contribution in [1.29, 1.82) is 0 Å². The van der Waals surface area contributed by atoms with Crippen LogP contribution in [-0.4, -0.2) is 29.2 Å². The first-order valence-electron chi connectivity index (χ1n) is 5.87. The summed E-state index contributed by atoms with van der Waals surface area (Å²) in [5.74, 6) is -1.04. The molecule has 0 fully saturated rings. The van der Waals surface area contributed by atoms with Crippen LogP contribution in [0.2, 0.25) is 0 Å². The third-order valence-electron chi connectivity index (χ3n) is 3.32. The summed E-state index contributed by atoms with van der Waals surface area (Å²) in [7, 11) is 0. The number of allylic oxidation sites excluding steroid dienone is 1. The van der Waals surface area contributed by atoms with Gasteiger partial charge in [-0.3, -0.25) is 4.79 Å². The van der Waals surface area contributed by atoms with Gasteiger partial charge in [0.05, 0.1) is 0 Å². The standard InChI is InChI=1S/C13H21F2NO/c1-12(2,3)16-7-6-13(4,5)9(8-16)10(17)11(14)15/h8,11H,6-7H2,1-5H3. The highest BCUT2D eigenvalue weighted by atomic mass is 19.3. The van der Waals surface area contributed by atoms with E-state index in [1.807, 2.05) is 39.5 Å². The Morgan fingerprint density at radius 3 is 2.35 bits per heavy atom. The number of alkyl halides is 2. The van der Waals surface area contributed by atoms with Crippen LogP contribution in [0, 0.1) is 5.41 Å². The van der Waals surface area contributed by atoms with Crippen LogP contribution in [0.15, 0.2) is 11.8 Å². The Balaban J connectivity index is 3.10. The van der Waals surface area contributed by atoms with Gasteiger partial charge in [0.15, 0.2) is 0 Å². The molecular formula is C13H21F2NO. The predicted molar refractivity (Wildman–Crippen MR) is 64.0 cm³/mol. The summed E-state index contributed by atoms with van der Waals surface area (Å²) in [6.45, 7) is 10.5. The molecule has 0 N–H and O–H groups in total. The van der Waals surface area contributed by atoms with Crippen molar-refractivity contribution in [3.05, 3.63) is 11.8 Å². The van der Waals surface area contributed by atoms with Crippen molar-refractivity contribution in [3.8, 4) is 0 Å². The molecular weight excluding hydrogens is 224 g/mol. The normalized spacial score (nSPS) is 20.5. The molecule has 0 aliphatic carbocycles. The Morgan fingerprint density at radius 1 is 1.41 bits per heavy atom. The highest BCUT2D eigenvalue weighted by Gasteiger charge is 2.38. The molecule has 0 saturated carbocycles. The van der Waals surface area contributed by atoms with Crippen LogP contribution in [0.3, 0.4) is 0 Å². The maximum Gasteiger partial charge on any atom is 0.300 e. The molecule has 0 aromatic rings. The number of carbonyl (C=O) groups excluding carboxylic acids is 1. The summed E-state index contributed by atoms with van der Waals surface area (Å²) < 4.78 is 25.1. The van der Waals surface area contributed by atoms with Gasteiger partial charge in [-0.15, -0.1) is 0 Å². The van der Waals surface area contributed by atoms with Crippen LogP contribution in [0.1, 0.15) is 41.0 Å².